The lowest BCUT2D eigenvalue weighted by Gasteiger charge is -2.15. The highest BCUT2D eigenvalue weighted by Gasteiger charge is 2.39. The maximum Gasteiger partial charge on any atom is 0.278 e. The Morgan fingerprint density at radius 1 is 0.879 bits per heavy atom. The number of carbonyl (C=O) groups excluding carboxylic acids is 2. The van der Waals surface area contributed by atoms with Crippen LogP contribution in [0.2, 0.25) is 0 Å². The van der Waals surface area contributed by atoms with E-state index in [0.717, 1.165) is 10.5 Å². The van der Waals surface area contributed by atoms with E-state index in [4.69, 9.17) is 4.74 Å². The van der Waals surface area contributed by atoms with Crippen molar-refractivity contribution < 1.29 is 23.1 Å². The molecule has 1 aliphatic heterocycles. The van der Waals surface area contributed by atoms with E-state index in [2.05, 4.69) is 5.32 Å². The Morgan fingerprint density at radius 2 is 1.55 bits per heavy atom. The molecule has 0 saturated carbocycles. The summed E-state index contributed by atoms with van der Waals surface area (Å²) in [5.74, 6) is -1.13. The van der Waals surface area contributed by atoms with Crippen molar-refractivity contribution in [3.05, 3.63) is 101 Å². The van der Waals surface area contributed by atoms with Gasteiger partial charge >= 0.3 is 0 Å². The molecule has 5 nitrogen and oxygen atoms in total. The Morgan fingerprint density at radius 3 is 2.21 bits per heavy atom. The van der Waals surface area contributed by atoms with Crippen molar-refractivity contribution >= 4 is 23.1 Å². The molecule has 33 heavy (non-hydrogen) atoms. The van der Waals surface area contributed by atoms with Crippen LogP contribution in [0, 0.1) is 11.6 Å². The molecule has 0 atom stereocenters. The number of ether oxygens (including phenoxy) is 1. The molecule has 4 rings (SSSR count). The fourth-order valence-corrected chi connectivity index (χ4v) is 3.65. The fourth-order valence-electron chi connectivity index (χ4n) is 3.65. The number of benzene rings is 3. The summed E-state index contributed by atoms with van der Waals surface area (Å²) in [6.07, 6.45) is 0.377. The summed E-state index contributed by atoms with van der Waals surface area (Å²) < 4.78 is 32.2. The fraction of sp³-hybridized carbons (Fsp3) is 0.154. The maximum atomic E-state index is 13.5. The molecule has 1 N–H and O–H groups in total. The van der Waals surface area contributed by atoms with Crippen LogP contribution in [0.15, 0.2) is 78.5 Å². The van der Waals surface area contributed by atoms with E-state index >= 15 is 0 Å². The topological polar surface area (TPSA) is 58.6 Å². The van der Waals surface area contributed by atoms with Crippen LogP contribution in [0.5, 0.6) is 5.75 Å². The standard InChI is InChI=1S/C26H22F2N2O3/c1-2-33-22-5-3-4-21(16-22)29-24-23(18-8-12-20(28)13-9-18)25(31)30(26(24)32)15-14-17-6-10-19(27)11-7-17/h3-13,16,29H,2,14-15H2,1H3. The average Bonchev–Trinajstić information content (AvgIpc) is 3.04. The largest absolute Gasteiger partial charge is 0.494 e. The normalized spacial score (nSPS) is 13.6. The van der Waals surface area contributed by atoms with E-state index in [1.54, 1.807) is 36.4 Å². The smallest absolute Gasteiger partial charge is 0.278 e. The summed E-state index contributed by atoms with van der Waals surface area (Å²) in [7, 11) is 0. The molecule has 3 aromatic rings. The number of carbonyl (C=O) groups is 2. The van der Waals surface area contributed by atoms with Gasteiger partial charge in [-0.3, -0.25) is 14.5 Å². The van der Waals surface area contributed by atoms with Crippen LogP contribution >= 0.6 is 0 Å². The molecule has 0 aromatic heterocycles. The zero-order valence-electron chi connectivity index (χ0n) is 18.0. The third-order valence-electron chi connectivity index (χ3n) is 5.25. The average molecular weight is 448 g/mol. The van der Waals surface area contributed by atoms with Gasteiger partial charge in [0.05, 0.1) is 12.2 Å². The van der Waals surface area contributed by atoms with Crippen molar-refractivity contribution in [1.29, 1.82) is 0 Å². The Balaban J connectivity index is 1.65. The van der Waals surface area contributed by atoms with Crippen LogP contribution in [0.3, 0.4) is 0 Å². The third-order valence-corrected chi connectivity index (χ3v) is 5.25. The quantitative estimate of drug-likeness (QED) is 0.503. The van der Waals surface area contributed by atoms with E-state index in [9.17, 15) is 18.4 Å². The first-order valence-corrected chi connectivity index (χ1v) is 10.6. The van der Waals surface area contributed by atoms with Crippen molar-refractivity contribution in [3.63, 3.8) is 0 Å². The number of anilines is 1. The van der Waals surface area contributed by atoms with Crippen LogP contribution in [0.4, 0.5) is 14.5 Å². The second-order valence-corrected chi connectivity index (χ2v) is 7.48. The molecule has 0 unspecified atom stereocenters. The predicted octanol–water partition coefficient (Wildman–Crippen LogP) is 4.80. The van der Waals surface area contributed by atoms with E-state index in [1.165, 1.54) is 36.4 Å². The minimum absolute atomic E-state index is 0.111. The summed E-state index contributed by atoms with van der Waals surface area (Å²) in [5.41, 5.74) is 2.09. The lowest BCUT2D eigenvalue weighted by molar-refractivity contribution is -0.136. The molecule has 0 spiro atoms. The molecule has 0 saturated heterocycles. The zero-order valence-corrected chi connectivity index (χ0v) is 18.0. The first-order valence-electron chi connectivity index (χ1n) is 10.6. The Hall–Kier alpha value is -4.00. The number of nitrogens with one attached hydrogen (secondary N) is 1. The molecule has 0 bridgehead atoms. The highest BCUT2D eigenvalue weighted by Crippen LogP contribution is 2.31. The molecule has 0 radical (unpaired) electrons. The number of amides is 2. The van der Waals surface area contributed by atoms with E-state index < -0.39 is 17.6 Å². The summed E-state index contributed by atoms with van der Waals surface area (Å²) in [4.78, 5) is 27.7. The highest BCUT2D eigenvalue weighted by molar-refractivity contribution is 6.36. The molecule has 1 heterocycles. The summed E-state index contributed by atoms with van der Waals surface area (Å²) >= 11 is 0. The highest BCUT2D eigenvalue weighted by atomic mass is 19.1. The second kappa shape index (κ2) is 9.65. The van der Waals surface area contributed by atoms with Crippen molar-refractivity contribution in [2.45, 2.75) is 13.3 Å². The van der Waals surface area contributed by atoms with Crippen molar-refractivity contribution in [3.8, 4) is 5.75 Å². The number of hydrogen-bond donors (Lipinski definition) is 1. The molecular formula is C26H22F2N2O3. The molecule has 168 valence electrons. The van der Waals surface area contributed by atoms with E-state index in [-0.39, 0.29) is 23.6 Å². The van der Waals surface area contributed by atoms with Crippen molar-refractivity contribution in [2.75, 3.05) is 18.5 Å². The maximum absolute atomic E-state index is 13.5. The SMILES string of the molecule is CCOc1cccc(NC2=C(c3ccc(F)cc3)C(=O)N(CCc3ccc(F)cc3)C2=O)c1. The minimum atomic E-state index is -0.483. The van der Waals surface area contributed by atoms with Gasteiger partial charge in [-0.2, -0.15) is 0 Å². The molecule has 1 aliphatic rings. The predicted molar refractivity (Wildman–Crippen MR) is 121 cm³/mol. The summed E-state index contributed by atoms with van der Waals surface area (Å²) in [6, 6.07) is 18.4. The lowest BCUT2D eigenvalue weighted by Crippen LogP contribution is -2.34. The van der Waals surface area contributed by atoms with E-state index in [1.807, 2.05) is 6.92 Å². The van der Waals surface area contributed by atoms with Gasteiger partial charge in [-0.05, 0) is 60.9 Å². The summed E-state index contributed by atoms with van der Waals surface area (Å²) in [5, 5.41) is 3.06. The van der Waals surface area contributed by atoms with Crippen LogP contribution in [0.25, 0.3) is 5.57 Å². The van der Waals surface area contributed by atoms with Gasteiger partial charge in [0.15, 0.2) is 0 Å². The van der Waals surface area contributed by atoms with Crippen LogP contribution < -0.4 is 10.1 Å². The first-order chi connectivity index (χ1) is 16.0. The Bertz CT molecular complexity index is 1200. The number of nitrogens with zero attached hydrogens (tertiary/aromatic N) is 1. The van der Waals surface area contributed by atoms with Gasteiger partial charge < -0.3 is 10.1 Å². The van der Waals surface area contributed by atoms with Gasteiger partial charge in [0.25, 0.3) is 11.8 Å². The van der Waals surface area contributed by atoms with Crippen molar-refractivity contribution in [1.82, 2.24) is 4.90 Å². The minimum Gasteiger partial charge on any atom is -0.494 e. The lowest BCUT2D eigenvalue weighted by atomic mass is 10.0. The first kappa shape index (κ1) is 22.2. The molecule has 2 amide bonds. The molecule has 0 aliphatic carbocycles. The number of halogens is 2. The monoisotopic (exact) mass is 448 g/mol. The van der Waals surface area contributed by atoms with Gasteiger partial charge in [0.1, 0.15) is 23.1 Å². The van der Waals surface area contributed by atoms with Crippen LogP contribution in [-0.2, 0) is 16.0 Å². The number of imide groups is 1. The molecule has 3 aromatic carbocycles. The number of hydrogen-bond acceptors (Lipinski definition) is 4. The van der Waals surface area contributed by atoms with Crippen molar-refractivity contribution in [2.24, 2.45) is 0 Å². The molecule has 0 fully saturated rings. The second-order valence-electron chi connectivity index (χ2n) is 7.48. The molecular weight excluding hydrogens is 426 g/mol. The van der Waals surface area contributed by atoms with Gasteiger partial charge in [0.2, 0.25) is 0 Å². The number of rotatable bonds is 8. The third kappa shape index (κ3) is 4.92. The molecule has 7 heteroatoms. The van der Waals surface area contributed by atoms with Gasteiger partial charge in [-0.25, -0.2) is 8.78 Å². The van der Waals surface area contributed by atoms with Gasteiger partial charge in [0, 0.05) is 18.3 Å². The van der Waals surface area contributed by atoms with E-state index in [0.29, 0.717) is 30.0 Å². The Labute approximate surface area is 190 Å². The Kier molecular flexibility index (Phi) is 6.49. The van der Waals surface area contributed by atoms with Crippen LogP contribution in [0.1, 0.15) is 18.1 Å². The van der Waals surface area contributed by atoms with Gasteiger partial charge in [-0.15, -0.1) is 0 Å². The van der Waals surface area contributed by atoms with Crippen LogP contribution in [-0.4, -0.2) is 29.9 Å². The zero-order chi connectivity index (χ0) is 23.4. The van der Waals surface area contributed by atoms with Gasteiger partial charge in [-0.1, -0.05) is 30.3 Å². The summed E-state index contributed by atoms with van der Waals surface area (Å²) in [6.45, 7) is 2.48.